The number of aryl methyl sites for hydroxylation is 2. The standard InChI is InChI=1S/C41H68N14O6/c1-30-25-34(47-36(57)26-30)48-39(59)42-13-10-19-53(4,5)22-16-52(17-23-54(6,7)20-11-14-43-40(60)49-35-29-33(56)27-31(2)45-35)18-24-55(8,9)21-12-15-44-41(61)51-38-46-32(3)28-37(58)50-38/h26-29H,10-25H2,1-9H3,(H5-3,42,43,44,45,46,47,48,49,50,51,56,57,58,59,60,61)/p+3. The fourth-order valence-electron chi connectivity index (χ4n) is 6.72. The number of carbonyl (C=O) groups is 4. The zero-order valence-electron chi connectivity index (χ0n) is 37.8. The topological polar surface area (TPSA) is 235 Å². The number of urea groups is 3. The molecular weight excluding hydrogens is 785 g/mol. The highest BCUT2D eigenvalue weighted by molar-refractivity contribution is 6.09. The number of quaternary nitrogens is 3. The van der Waals surface area contributed by atoms with E-state index in [1.165, 1.54) is 24.3 Å². The quantitative estimate of drug-likeness (QED) is 0.0598. The van der Waals surface area contributed by atoms with E-state index in [9.17, 15) is 28.8 Å². The Morgan fingerprint density at radius 1 is 0.705 bits per heavy atom. The molecular formula is C41H71N14O6+3. The molecule has 20 nitrogen and oxygen atoms in total. The van der Waals surface area contributed by atoms with Crippen molar-refractivity contribution < 1.29 is 32.6 Å². The van der Waals surface area contributed by atoms with Crippen molar-refractivity contribution in [2.45, 2.75) is 46.5 Å². The third kappa shape index (κ3) is 21.1. The number of H-pyrrole nitrogens is 2. The molecule has 0 unspecified atom stereocenters. The fraction of sp³-hybridized carbons (Fsp3) is 0.610. The lowest BCUT2D eigenvalue weighted by atomic mass is 10.1. The lowest BCUT2D eigenvalue weighted by Crippen LogP contribution is -2.53. The first-order chi connectivity index (χ1) is 28.6. The lowest BCUT2D eigenvalue weighted by Gasteiger charge is -2.37. The van der Waals surface area contributed by atoms with Gasteiger partial charge >= 0.3 is 18.1 Å². The number of anilines is 2. The van der Waals surface area contributed by atoms with Gasteiger partial charge in [0.15, 0.2) is 5.43 Å². The van der Waals surface area contributed by atoms with Gasteiger partial charge in [-0.2, -0.15) is 4.99 Å². The fourth-order valence-corrected chi connectivity index (χ4v) is 6.72. The first-order valence-corrected chi connectivity index (χ1v) is 21.0. The van der Waals surface area contributed by atoms with Gasteiger partial charge in [0, 0.05) is 101 Å². The average Bonchev–Trinajstić information content (AvgIpc) is 3.12. The smallest absolute Gasteiger partial charge is 0.342 e. The van der Waals surface area contributed by atoms with Crippen LogP contribution in [0.4, 0.5) is 26.1 Å². The predicted octanol–water partition coefficient (Wildman–Crippen LogP) is 1.29. The summed E-state index contributed by atoms with van der Waals surface area (Å²) >= 11 is 0. The second-order valence-corrected chi connectivity index (χ2v) is 17.9. The molecule has 1 aliphatic rings. The van der Waals surface area contributed by atoms with Crippen LogP contribution in [-0.2, 0) is 4.79 Å². The highest BCUT2D eigenvalue weighted by Crippen LogP contribution is 2.08. The molecule has 0 aliphatic carbocycles. The lowest BCUT2D eigenvalue weighted by molar-refractivity contribution is -0.895. The van der Waals surface area contributed by atoms with E-state index in [4.69, 9.17) is 0 Å². The van der Waals surface area contributed by atoms with Crippen molar-refractivity contribution in [3.8, 4) is 0 Å². The van der Waals surface area contributed by atoms with Crippen molar-refractivity contribution in [2.24, 2.45) is 4.99 Å². The van der Waals surface area contributed by atoms with E-state index >= 15 is 0 Å². The molecule has 0 fully saturated rings. The van der Waals surface area contributed by atoms with Crippen molar-refractivity contribution in [3.05, 3.63) is 61.8 Å². The highest BCUT2D eigenvalue weighted by Gasteiger charge is 2.24. The molecule has 7 amide bonds. The summed E-state index contributed by atoms with van der Waals surface area (Å²) in [7, 11) is 13.2. The molecule has 0 saturated carbocycles. The Morgan fingerprint density at radius 2 is 1.23 bits per heavy atom. The third-order valence-corrected chi connectivity index (χ3v) is 10.4. The number of aromatic amines is 2. The maximum absolute atomic E-state index is 12.5. The van der Waals surface area contributed by atoms with E-state index < -0.39 is 12.1 Å². The van der Waals surface area contributed by atoms with Gasteiger partial charge in [-0.3, -0.25) is 34.9 Å². The monoisotopic (exact) mass is 856 g/mol. The van der Waals surface area contributed by atoms with Crippen LogP contribution in [0, 0.1) is 13.8 Å². The maximum atomic E-state index is 12.5. The summed E-state index contributed by atoms with van der Waals surface area (Å²) in [5, 5.41) is 16.5. The van der Waals surface area contributed by atoms with Crippen LogP contribution >= 0.6 is 0 Å². The molecule has 2 aromatic heterocycles. The Bertz CT molecular complexity index is 1890. The van der Waals surface area contributed by atoms with Crippen LogP contribution in [0.5, 0.6) is 0 Å². The normalized spacial score (nSPS) is 14.0. The summed E-state index contributed by atoms with van der Waals surface area (Å²) in [4.78, 5) is 88.7. The van der Waals surface area contributed by atoms with E-state index in [0.29, 0.717) is 49.1 Å². The first kappa shape index (κ1) is 49.9. The number of nitrogens with one attached hydrogen (secondary N) is 8. The predicted molar refractivity (Wildman–Crippen MR) is 239 cm³/mol. The molecule has 8 N–H and O–H groups in total. The van der Waals surface area contributed by atoms with Gasteiger partial charge in [0.1, 0.15) is 11.7 Å². The molecule has 2 aromatic rings. The molecule has 0 aromatic carbocycles. The molecule has 0 radical (unpaired) electrons. The average molecular weight is 856 g/mol. The van der Waals surface area contributed by atoms with Gasteiger partial charge in [-0.25, -0.2) is 19.4 Å². The van der Waals surface area contributed by atoms with E-state index in [1.54, 1.807) is 13.8 Å². The largest absolute Gasteiger partial charge is 0.345 e. The van der Waals surface area contributed by atoms with Gasteiger partial charge < -0.3 is 39.7 Å². The van der Waals surface area contributed by atoms with E-state index in [2.05, 4.69) is 99.0 Å². The number of amides is 7. The Morgan fingerprint density at radius 3 is 1.74 bits per heavy atom. The highest BCUT2D eigenvalue weighted by atomic mass is 16.2. The van der Waals surface area contributed by atoms with Gasteiger partial charge in [0.2, 0.25) is 11.9 Å². The zero-order valence-corrected chi connectivity index (χ0v) is 37.8. The second-order valence-electron chi connectivity index (χ2n) is 17.9. The zero-order chi connectivity index (χ0) is 45.2. The van der Waals surface area contributed by atoms with Crippen LogP contribution in [0.3, 0.4) is 0 Å². The summed E-state index contributed by atoms with van der Waals surface area (Å²) in [5.41, 5.74) is 1.53. The Balaban J connectivity index is 1.49. The molecule has 61 heavy (non-hydrogen) atoms. The van der Waals surface area contributed by atoms with Crippen molar-refractivity contribution in [3.63, 3.8) is 0 Å². The summed E-state index contributed by atoms with van der Waals surface area (Å²) < 4.78 is 2.29. The first-order valence-electron chi connectivity index (χ1n) is 21.0. The number of amidine groups is 1. The van der Waals surface area contributed by atoms with Gasteiger partial charge in [-0.15, -0.1) is 0 Å². The SMILES string of the molecule is CC1=CC(=O)NC(=NC(=O)NCCC[N+](C)(C)CCN(CC[N+](C)(C)CCCNC(=O)Nc2cc(=O)cc(C)[nH]2)CC[N+](C)(C)CCCNC(=O)Nc2nc(C)cc(=O)[nH]2)C1. The van der Waals surface area contributed by atoms with E-state index in [-0.39, 0.29) is 28.9 Å². The molecule has 20 heteroatoms. The van der Waals surface area contributed by atoms with Crippen LogP contribution in [0.2, 0.25) is 0 Å². The molecule has 1 aliphatic heterocycles. The van der Waals surface area contributed by atoms with Crippen LogP contribution in [0.25, 0.3) is 0 Å². The minimum atomic E-state index is -0.460. The number of nitrogens with zero attached hydrogens (tertiary/aromatic N) is 6. The van der Waals surface area contributed by atoms with Crippen LogP contribution < -0.4 is 42.9 Å². The second kappa shape index (κ2) is 23.5. The van der Waals surface area contributed by atoms with Crippen molar-refractivity contribution in [1.29, 1.82) is 0 Å². The number of aromatic nitrogens is 3. The molecule has 0 bridgehead atoms. The molecule has 0 atom stereocenters. The summed E-state index contributed by atoms with van der Waals surface area (Å²) in [5.74, 6) is 0.553. The summed E-state index contributed by atoms with van der Waals surface area (Å²) in [6.07, 6.45) is 4.25. The van der Waals surface area contributed by atoms with Crippen LogP contribution in [0.1, 0.15) is 44.0 Å². The summed E-state index contributed by atoms with van der Waals surface area (Å²) in [6.45, 7) is 14.6. The minimum Gasteiger partial charge on any atom is -0.345 e. The number of aliphatic imine (C=N–C) groups is 1. The molecule has 0 spiro atoms. The van der Waals surface area contributed by atoms with Crippen LogP contribution in [-0.4, -0.2) is 184 Å². The molecule has 0 saturated heterocycles. The minimum absolute atomic E-state index is 0.108. The number of hydrogen-bond donors (Lipinski definition) is 8. The van der Waals surface area contributed by atoms with Crippen LogP contribution in [0.15, 0.2) is 44.4 Å². The number of carbonyl (C=O) groups excluding carboxylic acids is 4. The summed E-state index contributed by atoms with van der Waals surface area (Å²) in [6, 6.07) is 2.92. The van der Waals surface area contributed by atoms with Gasteiger partial charge in [0.25, 0.3) is 5.56 Å². The van der Waals surface area contributed by atoms with E-state index in [1.807, 2.05) is 6.92 Å². The Hall–Kier alpha value is -5.44. The van der Waals surface area contributed by atoms with Gasteiger partial charge in [-0.1, -0.05) is 5.57 Å². The van der Waals surface area contributed by atoms with Gasteiger partial charge in [-0.05, 0) is 20.8 Å². The van der Waals surface area contributed by atoms with Gasteiger partial charge in [0.05, 0.1) is 81.6 Å². The Labute approximate surface area is 359 Å². The van der Waals surface area contributed by atoms with Crippen molar-refractivity contribution in [2.75, 3.05) is 131 Å². The molecule has 338 valence electrons. The third-order valence-electron chi connectivity index (χ3n) is 10.4. The number of rotatable bonds is 23. The molecule has 3 heterocycles. The number of pyridine rings is 1. The Kier molecular flexibility index (Phi) is 19.3. The maximum Gasteiger partial charge on any atom is 0.342 e. The number of likely N-dealkylation sites (N-methyl/N-ethyl adjacent to an activating group) is 3. The molecule has 3 rings (SSSR count). The van der Waals surface area contributed by atoms with Crippen molar-refractivity contribution >= 4 is 41.6 Å². The van der Waals surface area contributed by atoms with E-state index in [0.717, 1.165) is 97.2 Å². The number of hydrogen-bond acceptors (Lipinski definition) is 8. The van der Waals surface area contributed by atoms with Crippen molar-refractivity contribution in [1.82, 2.24) is 41.1 Å².